The van der Waals surface area contributed by atoms with Crippen LogP contribution in [0.25, 0.3) is 11.5 Å². The van der Waals surface area contributed by atoms with Gasteiger partial charge < -0.3 is 9.84 Å². The predicted molar refractivity (Wildman–Crippen MR) is 78.8 cm³/mol. The Hall–Kier alpha value is -2.61. The first-order valence-electron chi connectivity index (χ1n) is 6.54. The summed E-state index contributed by atoms with van der Waals surface area (Å²) in [6.07, 6.45) is 1.46. The number of nitrogens with one attached hydrogen (secondary N) is 1. The van der Waals surface area contributed by atoms with E-state index in [-0.39, 0.29) is 23.8 Å². The molecular weight excluding hydrogens is 328 g/mol. The van der Waals surface area contributed by atoms with Gasteiger partial charge in [0.15, 0.2) is 5.82 Å². The lowest BCUT2D eigenvalue weighted by Crippen LogP contribution is -2.05. The molecule has 0 atom stereocenters. The molecule has 0 bridgehead atoms. The van der Waals surface area contributed by atoms with Crippen molar-refractivity contribution in [3.8, 4) is 11.5 Å². The van der Waals surface area contributed by atoms with Crippen molar-refractivity contribution >= 4 is 17.4 Å². The van der Waals surface area contributed by atoms with Crippen LogP contribution in [0.5, 0.6) is 0 Å². The van der Waals surface area contributed by atoms with Crippen LogP contribution < -0.4 is 5.32 Å². The third-order valence-corrected chi connectivity index (χ3v) is 3.20. The molecule has 1 aromatic carbocycles. The number of hydrogen-bond acceptors (Lipinski definition) is 6. The quantitative estimate of drug-likeness (QED) is 0.786. The van der Waals surface area contributed by atoms with Crippen molar-refractivity contribution in [2.75, 3.05) is 5.32 Å². The number of anilines is 1. The minimum atomic E-state index is -0.775. The van der Waals surface area contributed by atoms with Crippen molar-refractivity contribution in [2.45, 2.75) is 13.5 Å². The second-order valence-electron chi connectivity index (χ2n) is 4.58. The molecule has 3 aromatic rings. The average molecular weight is 338 g/mol. The van der Waals surface area contributed by atoms with Gasteiger partial charge in [-0.05, 0) is 19.1 Å². The van der Waals surface area contributed by atoms with Gasteiger partial charge in [0.05, 0.1) is 12.7 Å². The molecule has 23 heavy (non-hydrogen) atoms. The fraction of sp³-hybridized carbons (Fsp3) is 0.143. The van der Waals surface area contributed by atoms with Crippen molar-refractivity contribution in [3.05, 3.63) is 52.7 Å². The zero-order chi connectivity index (χ0) is 16.4. The van der Waals surface area contributed by atoms with Gasteiger partial charge in [0.1, 0.15) is 33.9 Å². The molecule has 0 fully saturated rings. The Morgan fingerprint density at radius 2 is 1.96 bits per heavy atom. The first-order valence-corrected chi connectivity index (χ1v) is 6.92. The second-order valence-corrected chi connectivity index (χ2v) is 4.99. The molecule has 9 heteroatoms. The Morgan fingerprint density at radius 1 is 1.22 bits per heavy atom. The lowest BCUT2D eigenvalue weighted by molar-refractivity contribution is 0.418. The van der Waals surface area contributed by atoms with Crippen LogP contribution in [0.2, 0.25) is 5.02 Å². The SMILES string of the molecule is Cc1ncc(Cl)c(NCc2noc(-c3c(F)cccc3F)n2)n1. The maximum absolute atomic E-state index is 13.7. The van der Waals surface area contributed by atoms with Crippen LogP contribution in [0.3, 0.4) is 0 Å². The molecule has 0 aliphatic heterocycles. The Bertz CT molecular complexity index is 835. The second kappa shape index (κ2) is 6.25. The lowest BCUT2D eigenvalue weighted by Gasteiger charge is -2.04. The fourth-order valence-electron chi connectivity index (χ4n) is 1.87. The Balaban J connectivity index is 1.79. The predicted octanol–water partition coefficient (Wildman–Crippen LogP) is 3.38. The van der Waals surface area contributed by atoms with Crippen LogP contribution in [0.1, 0.15) is 11.6 Å². The summed E-state index contributed by atoms with van der Waals surface area (Å²) < 4.78 is 32.3. The zero-order valence-electron chi connectivity index (χ0n) is 11.8. The van der Waals surface area contributed by atoms with Gasteiger partial charge in [-0.3, -0.25) is 0 Å². The van der Waals surface area contributed by atoms with E-state index in [9.17, 15) is 8.78 Å². The Morgan fingerprint density at radius 3 is 2.70 bits per heavy atom. The molecule has 0 saturated carbocycles. The topological polar surface area (TPSA) is 76.7 Å². The summed E-state index contributed by atoms with van der Waals surface area (Å²) >= 11 is 5.95. The first-order chi connectivity index (χ1) is 11.0. The van der Waals surface area contributed by atoms with E-state index in [0.29, 0.717) is 16.7 Å². The van der Waals surface area contributed by atoms with Gasteiger partial charge in [-0.2, -0.15) is 4.98 Å². The Kier molecular flexibility index (Phi) is 4.16. The molecule has 3 rings (SSSR count). The van der Waals surface area contributed by atoms with Crippen LogP contribution in [0.4, 0.5) is 14.6 Å². The molecule has 1 N–H and O–H groups in total. The summed E-state index contributed by atoms with van der Waals surface area (Å²) in [5.41, 5.74) is -0.359. The maximum Gasteiger partial charge on any atom is 0.263 e. The van der Waals surface area contributed by atoms with Crippen LogP contribution >= 0.6 is 11.6 Å². The van der Waals surface area contributed by atoms with Gasteiger partial charge in [0.25, 0.3) is 5.89 Å². The standard InChI is InChI=1S/C14H10ClF2N5O/c1-7-18-5-8(15)13(20-7)19-6-11-21-14(23-22-11)12-9(16)3-2-4-10(12)17/h2-5H,6H2,1H3,(H,18,19,20). The maximum atomic E-state index is 13.7. The minimum absolute atomic E-state index is 0.121. The van der Waals surface area contributed by atoms with Crippen LogP contribution in [-0.2, 0) is 6.54 Å². The summed E-state index contributed by atoms with van der Waals surface area (Å²) in [5, 5.41) is 6.91. The molecule has 2 heterocycles. The van der Waals surface area contributed by atoms with Crippen molar-refractivity contribution in [1.82, 2.24) is 20.1 Å². The highest BCUT2D eigenvalue weighted by molar-refractivity contribution is 6.32. The van der Waals surface area contributed by atoms with Gasteiger partial charge >= 0.3 is 0 Å². The molecule has 118 valence electrons. The number of aryl methyl sites for hydroxylation is 1. The molecule has 0 radical (unpaired) electrons. The van der Waals surface area contributed by atoms with Gasteiger partial charge in [-0.15, -0.1) is 0 Å². The molecular formula is C14H10ClF2N5O. The van der Waals surface area contributed by atoms with Gasteiger partial charge in [-0.1, -0.05) is 22.8 Å². The van der Waals surface area contributed by atoms with E-state index in [0.717, 1.165) is 12.1 Å². The summed E-state index contributed by atoms with van der Waals surface area (Å²) in [4.78, 5) is 12.0. The molecule has 0 unspecified atom stereocenters. The highest BCUT2D eigenvalue weighted by Crippen LogP contribution is 2.24. The summed E-state index contributed by atoms with van der Waals surface area (Å²) in [5.74, 6) is -0.635. The van der Waals surface area contributed by atoms with Crippen molar-refractivity contribution in [3.63, 3.8) is 0 Å². The van der Waals surface area contributed by atoms with E-state index in [2.05, 4.69) is 25.4 Å². The van der Waals surface area contributed by atoms with E-state index in [1.807, 2.05) is 0 Å². The first kappa shape index (κ1) is 15.3. The Labute approximate surface area is 134 Å². The van der Waals surface area contributed by atoms with E-state index >= 15 is 0 Å². The van der Waals surface area contributed by atoms with Gasteiger partial charge in [-0.25, -0.2) is 18.7 Å². The third-order valence-electron chi connectivity index (χ3n) is 2.92. The van der Waals surface area contributed by atoms with E-state index in [1.54, 1.807) is 6.92 Å². The molecule has 0 aliphatic carbocycles. The van der Waals surface area contributed by atoms with Crippen LogP contribution in [0.15, 0.2) is 28.9 Å². The van der Waals surface area contributed by atoms with Crippen molar-refractivity contribution in [2.24, 2.45) is 0 Å². The van der Waals surface area contributed by atoms with Crippen LogP contribution in [0, 0.1) is 18.6 Å². The number of rotatable bonds is 4. The zero-order valence-corrected chi connectivity index (χ0v) is 12.6. The van der Waals surface area contributed by atoms with Crippen molar-refractivity contribution < 1.29 is 13.3 Å². The number of hydrogen-bond donors (Lipinski definition) is 1. The summed E-state index contributed by atoms with van der Waals surface area (Å²) in [6.45, 7) is 1.84. The molecule has 2 aromatic heterocycles. The summed E-state index contributed by atoms with van der Waals surface area (Å²) in [7, 11) is 0. The van der Waals surface area contributed by atoms with Gasteiger partial charge in [0, 0.05) is 0 Å². The number of halogens is 3. The van der Waals surface area contributed by atoms with Crippen LogP contribution in [-0.4, -0.2) is 20.1 Å². The minimum Gasteiger partial charge on any atom is -0.361 e. The highest BCUT2D eigenvalue weighted by atomic mass is 35.5. The highest BCUT2D eigenvalue weighted by Gasteiger charge is 2.18. The van der Waals surface area contributed by atoms with E-state index < -0.39 is 11.6 Å². The normalized spacial score (nSPS) is 10.8. The smallest absolute Gasteiger partial charge is 0.263 e. The number of benzene rings is 1. The largest absolute Gasteiger partial charge is 0.361 e. The van der Waals surface area contributed by atoms with E-state index in [1.165, 1.54) is 12.3 Å². The molecule has 6 nitrogen and oxygen atoms in total. The van der Waals surface area contributed by atoms with Gasteiger partial charge in [0.2, 0.25) is 0 Å². The molecule has 0 amide bonds. The van der Waals surface area contributed by atoms with Crippen molar-refractivity contribution in [1.29, 1.82) is 0 Å². The third kappa shape index (κ3) is 3.26. The summed E-state index contributed by atoms with van der Waals surface area (Å²) in [6, 6.07) is 3.49. The monoisotopic (exact) mass is 337 g/mol. The number of nitrogens with zero attached hydrogens (tertiary/aromatic N) is 4. The fourth-order valence-corrected chi connectivity index (χ4v) is 2.03. The molecule has 0 aliphatic rings. The lowest BCUT2D eigenvalue weighted by atomic mass is 10.2. The molecule has 0 spiro atoms. The number of aromatic nitrogens is 4. The molecule has 0 saturated heterocycles. The average Bonchev–Trinajstić information content (AvgIpc) is 2.96. The van der Waals surface area contributed by atoms with E-state index in [4.69, 9.17) is 16.1 Å².